The zero-order valence-corrected chi connectivity index (χ0v) is 14.4. The maximum absolute atomic E-state index is 12.2. The monoisotopic (exact) mass is 375 g/mol. The van der Waals surface area contributed by atoms with Crippen LogP contribution in [0.4, 0.5) is 0 Å². The van der Waals surface area contributed by atoms with Crippen LogP contribution in [0.3, 0.4) is 0 Å². The number of hydrogen-bond acceptors (Lipinski definition) is 3. The molecule has 0 aromatic heterocycles. The summed E-state index contributed by atoms with van der Waals surface area (Å²) in [6.45, 7) is 2.59. The summed E-state index contributed by atoms with van der Waals surface area (Å²) in [6.07, 6.45) is 0.761. The van der Waals surface area contributed by atoms with Gasteiger partial charge >= 0.3 is 0 Å². The van der Waals surface area contributed by atoms with Gasteiger partial charge in [-0.25, -0.2) is 0 Å². The first-order valence-electron chi connectivity index (χ1n) is 7.53. The summed E-state index contributed by atoms with van der Waals surface area (Å²) >= 11 is 3.44. The van der Waals surface area contributed by atoms with Crippen LogP contribution in [-0.4, -0.2) is 19.1 Å². The van der Waals surface area contributed by atoms with E-state index in [0.29, 0.717) is 12.4 Å². The predicted octanol–water partition coefficient (Wildman–Crippen LogP) is 3.78. The molecule has 2 aromatic rings. The SMILES string of the molecule is Cc1ccc(OCC(=O)N[C@@H]2CCOc3ccccc32)c(Br)c1. The summed E-state index contributed by atoms with van der Waals surface area (Å²) in [4.78, 5) is 12.2. The summed E-state index contributed by atoms with van der Waals surface area (Å²) in [5.41, 5.74) is 2.15. The molecule has 0 bridgehead atoms. The molecule has 1 heterocycles. The first-order valence-corrected chi connectivity index (χ1v) is 8.33. The lowest BCUT2D eigenvalue weighted by molar-refractivity contribution is -0.124. The lowest BCUT2D eigenvalue weighted by atomic mass is 10.0. The highest BCUT2D eigenvalue weighted by molar-refractivity contribution is 9.10. The number of para-hydroxylation sites is 1. The summed E-state index contributed by atoms with van der Waals surface area (Å²) in [5, 5.41) is 3.02. The molecule has 3 rings (SSSR count). The van der Waals surface area contributed by atoms with Gasteiger partial charge in [-0.2, -0.15) is 0 Å². The molecule has 1 aliphatic heterocycles. The Hall–Kier alpha value is -2.01. The second kappa shape index (κ2) is 7.04. The van der Waals surface area contributed by atoms with Gasteiger partial charge in [-0.1, -0.05) is 24.3 Å². The van der Waals surface area contributed by atoms with Gasteiger partial charge < -0.3 is 14.8 Å². The fourth-order valence-corrected chi connectivity index (χ4v) is 3.20. The van der Waals surface area contributed by atoms with Crippen LogP contribution in [0.2, 0.25) is 0 Å². The Morgan fingerprint density at radius 3 is 3.00 bits per heavy atom. The Labute approximate surface area is 143 Å². The third-order valence-electron chi connectivity index (χ3n) is 3.74. The van der Waals surface area contributed by atoms with Crippen molar-refractivity contribution < 1.29 is 14.3 Å². The highest BCUT2D eigenvalue weighted by Gasteiger charge is 2.22. The number of benzene rings is 2. The number of amides is 1. The van der Waals surface area contributed by atoms with Crippen molar-refractivity contribution >= 4 is 21.8 Å². The highest BCUT2D eigenvalue weighted by Crippen LogP contribution is 2.31. The summed E-state index contributed by atoms with van der Waals surface area (Å²) < 4.78 is 12.0. The molecular formula is C18H18BrNO3. The van der Waals surface area contributed by atoms with Crippen molar-refractivity contribution in [2.45, 2.75) is 19.4 Å². The average Bonchev–Trinajstić information content (AvgIpc) is 2.54. The molecule has 5 heteroatoms. The molecule has 0 saturated carbocycles. The average molecular weight is 376 g/mol. The Kier molecular flexibility index (Phi) is 4.86. The van der Waals surface area contributed by atoms with Gasteiger partial charge in [0.15, 0.2) is 6.61 Å². The summed E-state index contributed by atoms with van der Waals surface area (Å²) in [5.74, 6) is 1.36. The van der Waals surface area contributed by atoms with E-state index in [1.54, 1.807) is 0 Å². The largest absolute Gasteiger partial charge is 0.493 e. The molecule has 0 unspecified atom stereocenters. The van der Waals surface area contributed by atoms with Gasteiger partial charge in [0.2, 0.25) is 0 Å². The van der Waals surface area contributed by atoms with Crippen LogP contribution in [0.1, 0.15) is 23.6 Å². The van der Waals surface area contributed by atoms with E-state index in [2.05, 4.69) is 21.2 Å². The van der Waals surface area contributed by atoms with Gasteiger partial charge in [-0.05, 0) is 46.6 Å². The summed E-state index contributed by atoms with van der Waals surface area (Å²) in [6, 6.07) is 13.5. The van der Waals surface area contributed by atoms with Crippen molar-refractivity contribution in [1.29, 1.82) is 0 Å². The Morgan fingerprint density at radius 1 is 1.35 bits per heavy atom. The number of hydrogen-bond donors (Lipinski definition) is 1. The van der Waals surface area contributed by atoms with Crippen LogP contribution in [0, 0.1) is 6.92 Å². The highest BCUT2D eigenvalue weighted by atomic mass is 79.9. The van der Waals surface area contributed by atoms with Crippen molar-refractivity contribution in [2.24, 2.45) is 0 Å². The zero-order chi connectivity index (χ0) is 16.2. The molecule has 2 aromatic carbocycles. The van der Waals surface area contributed by atoms with E-state index in [-0.39, 0.29) is 18.6 Å². The maximum atomic E-state index is 12.2. The van der Waals surface area contributed by atoms with E-state index in [1.165, 1.54) is 0 Å². The third kappa shape index (κ3) is 3.85. The van der Waals surface area contributed by atoms with E-state index in [4.69, 9.17) is 9.47 Å². The van der Waals surface area contributed by atoms with E-state index in [1.807, 2.05) is 49.4 Å². The fourth-order valence-electron chi connectivity index (χ4n) is 2.59. The second-order valence-electron chi connectivity index (χ2n) is 5.52. The van der Waals surface area contributed by atoms with E-state index >= 15 is 0 Å². The van der Waals surface area contributed by atoms with E-state index in [9.17, 15) is 4.79 Å². The Balaban J connectivity index is 1.60. The van der Waals surface area contributed by atoms with Crippen molar-refractivity contribution in [3.63, 3.8) is 0 Å². The number of halogens is 1. The Bertz CT molecular complexity index is 717. The lowest BCUT2D eigenvalue weighted by Gasteiger charge is -2.26. The third-order valence-corrected chi connectivity index (χ3v) is 4.36. The maximum Gasteiger partial charge on any atom is 0.258 e. The van der Waals surface area contributed by atoms with Gasteiger partial charge in [-0.15, -0.1) is 0 Å². The molecule has 4 nitrogen and oxygen atoms in total. The van der Waals surface area contributed by atoms with Crippen molar-refractivity contribution in [3.8, 4) is 11.5 Å². The molecule has 1 atom stereocenters. The van der Waals surface area contributed by atoms with Crippen molar-refractivity contribution in [1.82, 2.24) is 5.32 Å². The number of carbonyl (C=O) groups is 1. The van der Waals surface area contributed by atoms with E-state index < -0.39 is 0 Å². The minimum atomic E-state index is -0.140. The normalized spacial score (nSPS) is 16.2. The van der Waals surface area contributed by atoms with Crippen LogP contribution in [0.25, 0.3) is 0 Å². The molecule has 1 N–H and O–H groups in total. The number of fused-ring (bicyclic) bond motifs is 1. The molecule has 1 amide bonds. The molecule has 1 aliphatic rings. The molecule has 0 aliphatic carbocycles. The standard InChI is InChI=1S/C18H18BrNO3/c1-12-6-7-17(14(19)10-12)23-11-18(21)20-15-8-9-22-16-5-3-2-4-13(15)16/h2-7,10,15H,8-9,11H2,1H3,(H,20,21)/t15-/m1/s1. The fraction of sp³-hybridized carbons (Fsp3) is 0.278. The number of rotatable bonds is 4. The molecule has 0 fully saturated rings. The number of carbonyl (C=O) groups excluding carboxylic acids is 1. The van der Waals surface area contributed by atoms with Crippen LogP contribution in [0.5, 0.6) is 11.5 Å². The second-order valence-corrected chi connectivity index (χ2v) is 6.37. The van der Waals surface area contributed by atoms with Gasteiger partial charge in [0.1, 0.15) is 11.5 Å². The van der Waals surface area contributed by atoms with Gasteiger partial charge in [0.25, 0.3) is 5.91 Å². The van der Waals surface area contributed by atoms with Gasteiger partial charge in [-0.3, -0.25) is 4.79 Å². The van der Waals surface area contributed by atoms with Crippen molar-refractivity contribution in [3.05, 3.63) is 58.1 Å². The van der Waals surface area contributed by atoms with Gasteiger partial charge in [0.05, 0.1) is 17.1 Å². The molecule has 0 spiro atoms. The van der Waals surface area contributed by atoms with Crippen LogP contribution < -0.4 is 14.8 Å². The lowest BCUT2D eigenvalue weighted by Crippen LogP contribution is -2.35. The zero-order valence-electron chi connectivity index (χ0n) is 12.8. The molecule has 0 saturated heterocycles. The number of ether oxygens (including phenoxy) is 2. The predicted molar refractivity (Wildman–Crippen MR) is 91.8 cm³/mol. The smallest absolute Gasteiger partial charge is 0.258 e. The quantitative estimate of drug-likeness (QED) is 0.884. The van der Waals surface area contributed by atoms with Crippen LogP contribution >= 0.6 is 15.9 Å². The van der Waals surface area contributed by atoms with Gasteiger partial charge in [0, 0.05) is 12.0 Å². The van der Waals surface area contributed by atoms with Crippen molar-refractivity contribution in [2.75, 3.05) is 13.2 Å². The van der Waals surface area contributed by atoms with E-state index in [0.717, 1.165) is 27.8 Å². The topological polar surface area (TPSA) is 47.6 Å². The molecule has 23 heavy (non-hydrogen) atoms. The number of aryl methyl sites for hydroxylation is 1. The van der Waals surface area contributed by atoms with Crippen LogP contribution in [0.15, 0.2) is 46.9 Å². The molecular weight excluding hydrogens is 358 g/mol. The first-order chi connectivity index (χ1) is 11.1. The minimum absolute atomic E-state index is 0.0127. The summed E-state index contributed by atoms with van der Waals surface area (Å²) in [7, 11) is 0. The first kappa shape index (κ1) is 15.9. The molecule has 120 valence electrons. The molecule has 0 radical (unpaired) electrons. The Morgan fingerprint density at radius 2 is 2.17 bits per heavy atom. The minimum Gasteiger partial charge on any atom is -0.493 e. The number of nitrogens with one attached hydrogen (secondary N) is 1. The van der Waals surface area contributed by atoms with Crippen LogP contribution in [-0.2, 0) is 4.79 Å².